The molecule has 1 saturated heterocycles. The van der Waals surface area contributed by atoms with Gasteiger partial charge in [0, 0.05) is 43.1 Å². The van der Waals surface area contributed by atoms with E-state index in [0.717, 1.165) is 6.29 Å². The Kier molecular flexibility index (Phi) is 5.06. The van der Waals surface area contributed by atoms with Gasteiger partial charge in [-0.25, -0.2) is 0 Å². The normalized spacial score (nSPS) is 25.0. The summed E-state index contributed by atoms with van der Waals surface area (Å²) in [7, 11) is 0. The van der Waals surface area contributed by atoms with Crippen molar-refractivity contribution in [2.45, 2.75) is 38.5 Å². The van der Waals surface area contributed by atoms with Crippen molar-refractivity contribution in [2.75, 3.05) is 13.1 Å². The first-order valence-corrected chi connectivity index (χ1v) is 7.86. The lowest BCUT2D eigenvalue weighted by Gasteiger charge is -2.44. The second-order valence-electron chi connectivity index (χ2n) is 6.17. The molecule has 0 spiro atoms. The minimum Gasteiger partial charge on any atom is -0.342 e. The third-order valence-electron chi connectivity index (χ3n) is 4.80. The number of aromatic amines is 1. The van der Waals surface area contributed by atoms with Crippen molar-refractivity contribution in [1.29, 1.82) is 0 Å². The predicted molar refractivity (Wildman–Crippen MR) is 85.1 cm³/mol. The number of H-pyrrole nitrogens is 1. The van der Waals surface area contributed by atoms with E-state index in [1.165, 1.54) is 6.20 Å². The van der Waals surface area contributed by atoms with Crippen molar-refractivity contribution >= 4 is 23.8 Å². The fourth-order valence-electron chi connectivity index (χ4n) is 3.09. The molecule has 0 aliphatic carbocycles. The highest BCUT2D eigenvalue weighted by molar-refractivity contribution is 6.30. The van der Waals surface area contributed by atoms with Gasteiger partial charge in [0.25, 0.3) is 5.56 Å². The summed E-state index contributed by atoms with van der Waals surface area (Å²) in [6.45, 7) is 5.26. The van der Waals surface area contributed by atoms with E-state index >= 15 is 0 Å². The zero-order chi connectivity index (χ0) is 16.3. The number of hydrogen-bond acceptors (Lipinski definition) is 3. The van der Waals surface area contributed by atoms with Crippen LogP contribution in [0.1, 0.15) is 38.7 Å². The molecule has 1 N–H and O–H groups in total. The second kappa shape index (κ2) is 6.65. The zero-order valence-electron chi connectivity index (χ0n) is 12.9. The predicted octanol–water partition coefficient (Wildman–Crippen LogP) is 2.13. The van der Waals surface area contributed by atoms with Gasteiger partial charge in [0.2, 0.25) is 5.91 Å². The Morgan fingerprint density at radius 2 is 2.32 bits per heavy atom. The fourth-order valence-corrected chi connectivity index (χ4v) is 3.25. The number of hydrogen-bond donors (Lipinski definition) is 1. The molecule has 2 unspecified atom stereocenters. The van der Waals surface area contributed by atoms with Gasteiger partial charge in [-0.15, -0.1) is 0 Å². The topological polar surface area (TPSA) is 70.2 Å². The Hall–Kier alpha value is -1.62. The first-order chi connectivity index (χ1) is 10.4. The molecule has 1 aromatic heterocycles. The van der Waals surface area contributed by atoms with Crippen LogP contribution >= 0.6 is 11.6 Å². The monoisotopic (exact) mass is 324 g/mol. The van der Waals surface area contributed by atoms with Crippen LogP contribution in [0.5, 0.6) is 0 Å². The summed E-state index contributed by atoms with van der Waals surface area (Å²) in [6, 6.07) is 1.72. The number of pyridine rings is 1. The number of amides is 1. The van der Waals surface area contributed by atoms with E-state index in [4.69, 9.17) is 11.6 Å². The van der Waals surface area contributed by atoms with Crippen LogP contribution in [0.3, 0.4) is 0 Å². The largest absolute Gasteiger partial charge is 0.342 e. The lowest BCUT2D eigenvalue weighted by molar-refractivity contribution is -0.134. The smallest absolute Gasteiger partial charge is 0.251 e. The Morgan fingerprint density at radius 1 is 1.59 bits per heavy atom. The van der Waals surface area contributed by atoms with E-state index in [1.54, 1.807) is 11.0 Å². The van der Waals surface area contributed by atoms with Crippen LogP contribution in [0.2, 0.25) is 5.02 Å². The third-order valence-corrected chi connectivity index (χ3v) is 5.01. The summed E-state index contributed by atoms with van der Waals surface area (Å²) in [5.74, 6) is 0.127. The highest BCUT2D eigenvalue weighted by Gasteiger charge is 2.40. The second-order valence-corrected chi connectivity index (χ2v) is 6.61. The van der Waals surface area contributed by atoms with Gasteiger partial charge in [-0.3, -0.25) is 9.59 Å². The minimum absolute atomic E-state index is 0.000929. The van der Waals surface area contributed by atoms with Crippen LogP contribution in [0, 0.1) is 5.92 Å². The van der Waals surface area contributed by atoms with Crippen molar-refractivity contribution in [2.24, 2.45) is 5.92 Å². The summed E-state index contributed by atoms with van der Waals surface area (Å²) in [5.41, 5.74) is 0.229. The van der Waals surface area contributed by atoms with Crippen LogP contribution in [0.25, 0.3) is 0 Å². The Labute approximate surface area is 134 Å². The highest BCUT2D eigenvalue weighted by atomic mass is 35.5. The average Bonchev–Trinajstić information content (AvgIpc) is 2.50. The molecule has 0 saturated carbocycles. The SMILES string of the molecule is CC1CN(C(=O)CCC=O)CCC1(C)c1cc(Cl)c[nH]c1=O. The molecule has 1 aliphatic heterocycles. The van der Waals surface area contributed by atoms with E-state index < -0.39 is 0 Å². The maximum atomic E-state index is 12.1. The van der Waals surface area contributed by atoms with Gasteiger partial charge in [-0.2, -0.15) is 0 Å². The molecule has 0 radical (unpaired) electrons. The molecular formula is C16H21ClN2O3. The molecule has 2 rings (SSSR count). The summed E-state index contributed by atoms with van der Waals surface area (Å²) >= 11 is 6.01. The van der Waals surface area contributed by atoms with Crippen molar-refractivity contribution < 1.29 is 9.59 Å². The first kappa shape index (κ1) is 16.7. The van der Waals surface area contributed by atoms with E-state index in [0.29, 0.717) is 30.1 Å². The van der Waals surface area contributed by atoms with Crippen molar-refractivity contribution in [1.82, 2.24) is 9.88 Å². The molecule has 1 aromatic rings. The number of nitrogens with zero attached hydrogens (tertiary/aromatic N) is 1. The molecule has 1 aliphatic rings. The van der Waals surface area contributed by atoms with Crippen molar-refractivity contribution in [3.8, 4) is 0 Å². The van der Waals surface area contributed by atoms with Crippen LogP contribution in [-0.4, -0.2) is 35.2 Å². The average molecular weight is 325 g/mol. The Bertz CT molecular complexity index is 628. The van der Waals surface area contributed by atoms with Gasteiger partial charge in [-0.05, 0) is 18.4 Å². The third kappa shape index (κ3) is 3.24. The Balaban J connectivity index is 2.18. The molecule has 1 fully saturated rings. The van der Waals surface area contributed by atoms with E-state index in [9.17, 15) is 14.4 Å². The van der Waals surface area contributed by atoms with Crippen LogP contribution in [-0.2, 0) is 15.0 Å². The number of piperidine rings is 1. The number of aldehydes is 1. The standard InChI is InChI=1S/C16H21ClN2O3/c1-11-10-19(14(21)4-3-7-20)6-5-16(11,2)13-8-12(17)9-18-15(13)22/h7-9,11H,3-6,10H2,1-2H3,(H,18,22). The molecule has 0 bridgehead atoms. The molecule has 2 heterocycles. The Morgan fingerprint density at radius 3 is 2.95 bits per heavy atom. The number of carbonyl (C=O) groups excluding carboxylic acids is 2. The van der Waals surface area contributed by atoms with Crippen LogP contribution in [0.4, 0.5) is 0 Å². The summed E-state index contributed by atoms with van der Waals surface area (Å²) in [4.78, 5) is 39.0. The van der Waals surface area contributed by atoms with Crippen LogP contribution in [0.15, 0.2) is 17.1 Å². The molecule has 6 heteroatoms. The van der Waals surface area contributed by atoms with Crippen molar-refractivity contribution in [3.63, 3.8) is 0 Å². The summed E-state index contributed by atoms with van der Waals surface area (Å²) in [5, 5.41) is 0.507. The van der Waals surface area contributed by atoms with Gasteiger partial charge < -0.3 is 14.7 Å². The van der Waals surface area contributed by atoms with Crippen molar-refractivity contribution in [3.05, 3.63) is 33.2 Å². The van der Waals surface area contributed by atoms with Gasteiger partial charge in [0.15, 0.2) is 0 Å². The summed E-state index contributed by atoms with van der Waals surface area (Å²) in [6.07, 6.45) is 3.46. The molecule has 5 nitrogen and oxygen atoms in total. The van der Waals surface area contributed by atoms with E-state index in [2.05, 4.69) is 4.98 Å². The lowest BCUT2D eigenvalue weighted by Crippen LogP contribution is -2.51. The number of rotatable bonds is 4. The minimum atomic E-state index is -0.320. The maximum absolute atomic E-state index is 12.1. The van der Waals surface area contributed by atoms with E-state index in [-0.39, 0.29) is 35.6 Å². The highest BCUT2D eigenvalue weighted by Crippen LogP contribution is 2.38. The quantitative estimate of drug-likeness (QED) is 0.863. The zero-order valence-corrected chi connectivity index (χ0v) is 13.7. The molecule has 2 atom stereocenters. The number of carbonyl (C=O) groups is 2. The van der Waals surface area contributed by atoms with Gasteiger partial charge >= 0.3 is 0 Å². The maximum Gasteiger partial charge on any atom is 0.251 e. The number of halogens is 1. The van der Waals surface area contributed by atoms with Gasteiger partial charge in [0.1, 0.15) is 6.29 Å². The molecule has 22 heavy (non-hydrogen) atoms. The number of aromatic nitrogens is 1. The van der Waals surface area contributed by atoms with Gasteiger partial charge in [-0.1, -0.05) is 25.4 Å². The first-order valence-electron chi connectivity index (χ1n) is 7.48. The number of likely N-dealkylation sites (tertiary alicyclic amines) is 1. The lowest BCUT2D eigenvalue weighted by atomic mass is 9.68. The molecule has 120 valence electrons. The van der Waals surface area contributed by atoms with E-state index in [1.807, 2.05) is 13.8 Å². The van der Waals surface area contributed by atoms with Crippen LogP contribution < -0.4 is 5.56 Å². The number of nitrogens with one attached hydrogen (secondary N) is 1. The van der Waals surface area contributed by atoms with Gasteiger partial charge in [0.05, 0.1) is 5.02 Å². The molecule has 1 amide bonds. The fraction of sp³-hybridized carbons (Fsp3) is 0.562. The molecule has 0 aromatic carbocycles. The molecular weight excluding hydrogens is 304 g/mol. The summed E-state index contributed by atoms with van der Waals surface area (Å²) < 4.78 is 0.